The highest BCUT2D eigenvalue weighted by atomic mass is 32.2. The van der Waals surface area contributed by atoms with Crippen molar-refractivity contribution in [1.29, 1.82) is 5.26 Å². The number of ketones is 1. The first-order chi connectivity index (χ1) is 8.45. The molecule has 0 aliphatic rings. The number of benzene rings is 1. The van der Waals surface area contributed by atoms with E-state index >= 15 is 0 Å². The van der Waals surface area contributed by atoms with Crippen LogP contribution in [-0.2, 0) is 4.79 Å². The van der Waals surface area contributed by atoms with Gasteiger partial charge in [0, 0.05) is 10.6 Å². The standard InChI is InChI=1S/C14H16N2OS/c1-9-4-5-14(10(2)6-9)18-8-13(17)12(7-15)11(3)16/h4-6H,8,16H2,1-3H3. The summed E-state index contributed by atoms with van der Waals surface area (Å²) in [6.07, 6.45) is 0. The molecule has 0 spiro atoms. The van der Waals surface area contributed by atoms with Gasteiger partial charge in [-0.2, -0.15) is 5.26 Å². The van der Waals surface area contributed by atoms with Gasteiger partial charge in [0.2, 0.25) is 0 Å². The van der Waals surface area contributed by atoms with Crippen LogP contribution in [0.25, 0.3) is 0 Å². The molecule has 0 radical (unpaired) electrons. The first-order valence-corrected chi connectivity index (χ1v) is 6.54. The summed E-state index contributed by atoms with van der Waals surface area (Å²) >= 11 is 1.43. The third kappa shape index (κ3) is 3.64. The molecule has 94 valence electrons. The van der Waals surface area contributed by atoms with Gasteiger partial charge in [-0.15, -0.1) is 11.8 Å². The maximum Gasteiger partial charge on any atom is 0.185 e. The van der Waals surface area contributed by atoms with Crippen LogP contribution in [0.1, 0.15) is 18.1 Å². The van der Waals surface area contributed by atoms with Gasteiger partial charge < -0.3 is 5.73 Å². The third-order valence-electron chi connectivity index (χ3n) is 2.47. The average Bonchev–Trinajstić information content (AvgIpc) is 2.28. The number of carbonyl (C=O) groups excluding carboxylic acids is 1. The van der Waals surface area contributed by atoms with E-state index in [1.807, 2.05) is 32.0 Å². The molecule has 18 heavy (non-hydrogen) atoms. The second kappa shape index (κ2) is 6.27. The maximum absolute atomic E-state index is 11.8. The van der Waals surface area contributed by atoms with Crippen molar-refractivity contribution in [3.8, 4) is 6.07 Å². The van der Waals surface area contributed by atoms with E-state index in [0.29, 0.717) is 0 Å². The topological polar surface area (TPSA) is 66.9 Å². The van der Waals surface area contributed by atoms with E-state index in [0.717, 1.165) is 10.5 Å². The van der Waals surface area contributed by atoms with Crippen LogP contribution in [-0.4, -0.2) is 11.5 Å². The minimum atomic E-state index is -0.220. The van der Waals surface area contributed by atoms with Gasteiger partial charge in [0.15, 0.2) is 5.78 Å². The normalized spacial score (nSPS) is 11.7. The van der Waals surface area contributed by atoms with E-state index in [4.69, 9.17) is 11.0 Å². The number of carbonyl (C=O) groups is 1. The van der Waals surface area contributed by atoms with Gasteiger partial charge in [0.25, 0.3) is 0 Å². The van der Waals surface area contributed by atoms with E-state index in [2.05, 4.69) is 6.07 Å². The molecule has 1 aromatic rings. The maximum atomic E-state index is 11.8. The molecule has 0 aromatic heterocycles. The number of nitrogens with zero attached hydrogens (tertiary/aromatic N) is 1. The zero-order valence-corrected chi connectivity index (χ0v) is 11.6. The molecule has 0 amide bonds. The van der Waals surface area contributed by atoms with Crippen LogP contribution >= 0.6 is 11.8 Å². The molecule has 0 aliphatic carbocycles. The summed E-state index contributed by atoms with van der Waals surface area (Å²) in [5, 5.41) is 8.84. The van der Waals surface area contributed by atoms with Gasteiger partial charge in [-0.05, 0) is 32.4 Å². The predicted molar refractivity (Wildman–Crippen MR) is 74.1 cm³/mol. The fourth-order valence-corrected chi connectivity index (χ4v) is 2.43. The van der Waals surface area contributed by atoms with E-state index in [1.165, 1.54) is 17.3 Å². The minimum Gasteiger partial charge on any atom is -0.401 e. The van der Waals surface area contributed by atoms with Crippen molar-refractivity contribution in [1.82, 2.24) is 0 Å². The molecule has 4 heteroatoms. The molecule has 2 N–H and O–H groups in total. The van der Waals surface area contributed by atoms with Crippen molar-refractivity contribution in [2.24, 2.45) is 5.73 Å². The lowest BCUT2D eigenvalue weighted by Crippen LogP contribution is -2.10. The molecule has 0 fully saturated rings. The lowest BCUT2D eigenvalue weighted by molar-refractivity contribution is -0.112. The number of hydrogen-bond acceptors (Lipinski definition) is 4. The Bertz CT molecular complexity index is 537. The molecule has 1 rings (SSSR count). The minimum absolute atomic E-state index is 0.0623. The molecule has 0 bridgehead atoms. The lowest BCUT2D eigenvalue weighted by atomic mass is 10.2. The van der Waals surface area contributed by atoms with Crippen molar-refractivity contribution in [3.05, 3.63) is 40.6 Å². The fraction of sp³-hybridized carbons (Fsp3) is 0.286. The molecule has 0 heterocycles. The van der Waals surface area contributed by atoms with Crippen molar-refractivity contribution in [2.45, 2.75) is 25.7 Å². The summed E-state index contributed by atoms with van der Waals surface area (Å²) < 4.78 is 0. The zero-order chi connectivity index (χ0) is 13.7. The Balaban J connectivity index is 2.75. The highest BCUT2D eigenvalue weighted by Gasteiger charge is 2.12. The number of allylic oxidation sites excluding steroid dienone is 2. The largest absolute Gasteiger partial charge is 0.401 e. The van der Waals surface area contributed by atoms with Gasteiger partial charge in [0.05, 0.1) is 5.75 Å². The quantitative estimate of drug-likeness (QED) is 0.513. The monoisotopic (exact) mass is 260 g/mol. The van der Waals surface area contributed by atoms with Crippen molar-refractivity contribution < 1.29 is 4.79 Å². The molecule has 1 aromatic carbocycles. The Morgan fingerprint density at radius 3 is 2.61 bits per heavy atom. The molecular formula is C14H16N2OS. The van der Waals surface area contributed by atoms with Crippen LogP contribution in [0.15, 0.2) is 34.4 Å². The van der Waals surface area contributed by atoms with Crippen LogP contribution in [0.2, 0.25) is 0 Å². The first-order valence-electron chi connectivity index (χ1n) is 5.55. The van der Waals surface area contributed by atoms with E-state index in [9.17, 15) is 4.79 Å². The molecule has 0 atom stereocenters. The summed E-state index contributed by atoms with van der Waals surface area (Å²) in [4.78, 5) is 12.8. The fourth-order valence-electron chi connectivity index (χ4n) is 1.55. The van der Waals surface area contributed by atoms with E-state index in [-0.39, 0.29) is 22.8 Å². The number of hydrogen-bond donors (Lipinski definition) is 1. The van der Waals surface area contributed by atoms with Crippen molar-refractivity contribution >= 4 is 17.5 Å². The van der Waals surface area contributed by atoms with Crippen LogP contribution in [0.5, 0.6) is 0 Å². The number of nitriles is 1. The molecule has 0 saturated heterocycles. The van der Waals surface area contributed by atoms with Gasteiger partial charge in [-0.25, -0.2) is 0 Å². The molecular weight excluding hydrogens is 244 g/mol. The summed E-state index contributed by atoms with van der Waals surface area (Å²) in [7, 11) is 0. The van der Waals surface area contributed by atoms with Crippen LogP contribution < -0.4 is 5.73 Å². The van der Waals surface area contributed by atoms with Crippen LogP contribution in [0.3, 0.4) is 0 Å². The Kier molecular flexibility index (Phi) is 4.99. The molecule has 3 nitrogen and oxygen atoms in total. The zero-order valence-electron chi connectivity index (χ0n) is 10.8. The van der Waals surface area contributed by atoms with Gasteiger partial charge in [0.1, 0.15) is 11.6 Å². The second-order valence-electron chi connectivity index (χ2n) is 4.15. The predicted octanol–water partition coefficient (Wildman–Crippen LogP) is 2.72. The van der Waals surface area contributed by atoms with Crippen molar-refractivity contribution in [3.63, 3.8) is 0 Å². The second-order valence-corrected chi connectivity index (χ2v) is 5.17. The smallest absolute Gasteiger partial charge is 0.185 e. The number of aryl methyl sites for hydroxylation is 2. The van der Waals surface area contributed by atoms with Gasteiger partial charge in [-0.3, -0.25) is 4.79 Å². The average molecular weight is 260 g/mol. The number of rotatable bonds is 4. The molecule has 0 unspecified atom stereocenters. The van der Waals surface area contributed by atoms with Gasteiger partial charge >= 0.3 is 0 Å². The summed E-state index contributed by atoms with van der Waals surface area (Å²) in [6, 6.07) is 7.93. The van der Waals surface area contributed by atoms with E-state index in [1.54, 1.807) is 6.92 Å². The number of nitrogens with two attached hydrogens (primary N) is 1. The van der Waals surface area contributed by atoms with E-state index < -0.39 is 0 Å². The highest BCUT2D eigenvalue weighted by Crippen LogP contribution is 2.24. The Hall–Kier alpha value is -1.73. The first kappa shape index (κ1) is 14.3. The van der Waals surface area contributed by atoms with Gasteiger partial charge in [-0.1, -0.05) is 17.7 Å². The Morgan fingerprint density at radius 2 is 2.11 bits per heavy atom. The molecule has 0 saturated carbocycles. The number of thioether (sulfide) groups is 1. The van der Waals surface area contributed by atoms with Crippen molar-refractivity contribution in [2.75, 3.05) is 5.75 Å². The SMILES string of the molecule is CC(N)=C(C#N)C(=O)CSc1ccc(C)cc1C. The molecule has 0 aliphatic heterocycles. The summed E-state index contributed by atoms with van der Waals surface area (Å²) in [5.41, 5.74) is 8.17. The number of Topliss-reactive ketones (excluding diaryl/α,β-unsaturated/α-hetero) is 1. The Labute approximate surface area is 112 Å². The highest BCUT2D eigenvalue weighted by molar-refractivity contribution is 8.00. The van der Waals surface area contributed by atoms with Crippen LogP contribution in [0.4, 0.5) is 0 Å². The lowest BCUT2D eigenvalue weighted by Gasteiger charge is -2.06. The summed E-state index contributed by atoms with van der Waals surface area (Å²) in [5.74, 6) is 0.0175. The van der Waals surface area contributed by atoms with Crippen LogP contribution in [0, 0.1) is 25.2 Å². The summed E-state index contributed by atoms with van der Waals surface area (Å²) in [6.45, 7) is 5.61. The Morgan fingerprint density at radius 1 is 1.44 bits per heavy atom. The third-order valence-corrected chi connectivity index (χ3v) is 3.65.